The van der Waals surface area contributed by atoms with Crippen LogP contribution in [0.5, 0.6) is 0 Å². The van der Waals surface area contributed by atoms with Crippen molar-refractivity contribution in [1.29, 1.82) is 0 Å². The lowest BCUT2D eigenvalue weighted by Gasteiger charge is -2.35. The first-order valence-electron chi connectivity index (χ1n) is 8.96. The molecule has 128 valence electrons. The minimum absolute atomic E-state index is 0.0345. The third-order valence-electron chi connectivity index (χ3n) is 4.46. The monoisotopic (exact) mass is 317 g/mol. The second-order valence-electron chi connectivity index (χ2n) is 6.76. The van der Waals surface area contributed by atoms with Crippen LogP contribution in [0.3, 0.4) is 0 Å². The van der Waals surface area contributed by atoms with Gasteiger partial charge in [-0.05, 0) is 56.1 Å². The van der Waals surface area contributed by atoms with Crippen LogP contribution in [0.4, 0.5) is 5.69 Å². The quantitative estimate of drug-likeness (QED) is 0.811. The van der Waals surface area contributed by atoms with E-state index in [-0.39, 0.29) is 11.9 Å². The van der Waals surface area contributed by atoms with Gasteiger partial charge in [0, 0.05) is 12.2 Å². The largest absolute Gasteiger partial charge is 0.325 e. The van der Waals surface area contributed by atoms with E-state index < -0.39 is 0 Å². The summed E-state index contributed by atoms with van der Waals surface area (Å²) in [6.45, 7) is 10.2. The summed E-state index contributed by atoms with van der Waals surface area (Å²) in [5, 5.41) is 6.45. The van der Waals surface area contributed by atoms with Crippen LogP contribution < -0.4 is 10.6 Å². The van der Waals surface area contributed by atoms with Crippen molar-refractivity contribution in [2.75, 3.05) is 25.0 Å². The molecule has 23 heavy (non-hydrogen) atoms. The molecular weight excluding hydrogens is 286 g/mol. The number of rotatable bonds is 7. The Labute approximate surface area is 140 Å². The van der Waals surface area contributed by atoms with Crippen molar-refractivity contribution < 1.29 is 4.79 Å². The van der Waals surface area contributed by atoms with E-state index in [0.717, 1.165) is 31.9 Å². The standard InChI is InChI=1S/C19H31N3O/c1-4-20-14-16-9-8-10-17(13-16)21-19(23)18(15(2)3)22-11-6-5-7-12-22/h8-10,13,15,18,20H,4-7,11-12,14H2,1-3H3,(H,21,23). The Bertz CT molecular complexity index is 495. The number of anilines is 1. The van der Waals surface area contributed by atoms with Crippen LogP contribution in [0.2, 0.25) is 0 Å². The van der Waals surface area contributed by atoms with Gasteiger partial charge in [-0.3, -0.25) is 9.69 Å². The Morgan fingerprint density at radius 3 is 2.61 bits per heavy atom. The van der Waals surface area contributed by atoms with Crippen LogP contribution in [0.1, 0.15) is 45.6 Å². The number of amides is 1. The molecular formula is C19H31N3O. The highest BCUT2D eigenvalue weighted by molar-refractivity contribution is 5.95. The van der Waals surface area contributed by atoms with Gasteiger partial charge in [0.25, 0.3) is 0 Å². The first kappa shape index (κ1) is 18.0. The van der Waals surface area contributed by atoms with Gasteiger partial charge in [-0.2, -0.15) is 0 Å². The molecule has 0 saturated carbocycles. The molecule has 1 heterocycles. The van der Waals surface area contributed by atoms with E-state index in [1.807, 2.05) is 12.1 Å². The van der Waals surface area contributed by atoms with Crippen LogP contribution in [0.15, 0.2) is 24.3 Å². The fourth-order valence-electron chi connectivity index (χ4n) is 3.33. The minimum atomic E-state index is -0.0345. The van der Waals surface area contributed by atoms with E-state index in [1.165, 1.54) is 24.8 Å². The molecule has 2 N–H and O–H groups in total. The molecule has 2 rings (SSSR count). The van der Waals surface area contributed by atoms with Gasteiger partial charge < -0.3 is 10.6 Å². The van der Waals surface area contributed by atoms with Crippen molar-refractivity contribution in [2.24, 2.45) is 5.92 Å². The molecule has 1 unspecified atom stereocenters. The first-order chi connectivity index (χ1) is 11.1. The Morgan fingerprint density at radius 2 is 1.96 bits per heavy atom. The highest BCUT2D eigenvalue weighted by atomic mass is 16.2. The summed E-state index contributed by atoms with van der Waals surface area (Å²) in [5.74, 6) is 0.445. The normalized spacial score (nSPS) is 17.2. The summed E-state index contributed by atoms with van der Waals surface area (Å²) in [6.07, 6.45) is 3.69. The van der Waals surface area contributed by atoms with Crippen molar-refractivity contribution >= 4 is 11.6 Å². The Kier molecular flexibility index (Phi) is 7.06. The molecule has 0 aliphatic carbocycles. The SMILES string of the molecule is CCNCc1cccc(NC(=O)C(C(C)C)N2CCCCC2)c1. The number of likely N-dealkylation sites (tertiary alicyclic amines) is 1. The maximum Gasteiger partial charge on any atom is 0.241 e. The predicted octanol–water partition coefficient (Wildman–Crippen LogP) is 3.25. The average Bonchev–Trinajstić information content (AvgIpc) is 2.54. The number of hydrogen-bond donors (Lipinski definition) is 2. The molecule has 1 amide bonds. The summed E-state index contributed by atoms with van der Waals surface area (Å²) >= 11 is 0. The van der Waals surface area contributed by atoms with Crippen molar-refractivity contribution in [3.63, 3.8) is 0 Å². The van der Waals surface area contributed by atoms with Crippen LogP contribution in [-0.2, 0) is 11.3 Å². The Hall–Kier alpha value is -1.39. The van der Waals surface area contributed by atoms with Crippen molar-refractivity contribution in [1.82, 2.24) is 10.2 Å². The lowest BCUT2D eigenvalue weighted by Crippen LogP contribution is -2.49. The van der Waals surface area contributed by atoms with E-state index >= 15 is 0 Å². The molecule has 1 fully saturated rings. The van der Waals surface area contributed by atoms with Crippen molar-refractivity contribution in [2.45, 2.75) is 52.6 Å². The summed E-state index contributed by atoms with van der Waals surface area (Å²) in [6, 6.07) is 8.10. The highest BCUT2D eigenvalue weighted by Crippen LogP contribution is 2.20. The maximum atomic E-state index is 12.8. The summed E-state index contributed by atoms with van der Waals surface area (Å²) in [4.78, 5) is 15.2. The number of piperidine rings is 1. The molecule has 1 saturated heterocycles. The molecule has 1 aromatic carbocycles. The molecule has 0 spiro atoms. The van der Waals surface area contributed by atoms with Gasteiger partial charge in [0.05, 0.1) is 6.04 Å². The zero-order valence-electron chi connectivity index (χ0n) is 14.8. The van der Waals surface area contributed by atoms with Gasteiger partial charge in [0.15, 0.2) is 0 Å². The number of carbonyl (C=O) groups is 1. The lowest BCUT2D eigenvalue weighted by molar-refractivity contribution is -0.123. The number of nitrogens with zero attached hydrogens (tertiary/aromatic N) is 1. The second-order valence-corrected chi connectivity index (χ2v) is 6.76. The fourth-order valence-corrected chi connectivity index (χ4v) is 3.33. The van der Waals surface area contributed by atoms with Gasteiger partial charge in [0.2, 0.25) is 5.91 Å². The van der Waals surface area contributed by atoms with Gasteiger partial charge in [0.1, 0.15) is 0 Å². The molecule has 1 aromatic rings. The molecule has 4 nitrogen and oxygen atoms in total. The van der Waals surface area contributed by atoms with Crippen LogP contribution >= 0.6 is 0 Å². The first-order valence-corrected chi connectivity index (χ1v) is 8.96. The van der Waals surface area contributed by atoms with E-state index in [4.69, 9.17) is 0 Å². The zero-order chi connectivity index (χ0) is 16.7. The van der Waals surface area contributed by atoms with Gasteiger partial charge in [-0.1, -0.05) is 39.3 Å². The molecule has 0 radical (unpaired) electrons. The second kappa shape index (κ2) is 9.04. The van der Waals surface area contributed by atoms with Gasteiger partial charge >= 0.3 is 0 Å². The van der Waals surface area contributed by atoms with Crippen LogP contribution in [-0.4, -0.2) is 36.5 Å². The van der Waals surface area contributed by atoms with Crippen molar-refractivity contribution in [3.05, 3.63) is 29.8 Å². The maximum absolute atomic E-state index is 12.8. The molecule has 1 atom stereocenters. The molecule has 0 bridgehead atoms. The summed E-state index contributed by atoms with van der Waals surface area (Å²) in [5.41, 5.74) is 2.09. The zero-order valence-corrected chi connectivity index (χ0v) is 14.8. The number of nitrogens with one attached hydrogen (secondary N) is 2. The van der Waals surface area contributed by atoms with Gasteiger partial charge in [-0.25, -0.2) is 0 Å². The lowest BCUT2D eigenvalue weighted by atomic mass is 9.98. The Morgan fingerprint density at radius 1 is 1.22 bits per heavy atom. The molecule has 1 aliphatic rings. The van der Waals surface area contributed by atoms with E-state index in [2.05, 4.69) is 48.4 Å². The van der Waals surface area contributed by atoms with E-state index in [0.29, 0.717) is 5.92 Å². The highest BCUT2D eigenvalue weighted by Gasteiger charge is 2.29. The van der Waals surface area contributed by atoms with Crippen molar-refractivity contribution in [3.8, 4) is 0 Å². The van der Waals surface area contributed by atoms with Gasteiger partial charge in [-0.15, -0.1) is 0 Å². The predicted molar refractivity (Wildman–Crippen MR) is 96.5 cm³/mol. The minimum Gasteiger partial charge on any atom is -0.325 e. The van der Waals surface area contributed by atoms with Crippen LogP contribution in [0, 0.1) is 5.92 Å². The third kappa shape index (κ3) is 5.33. The summed E-state index contributed by atoms with van der Waals surface area (Å²) in [7, 11) is 0. The molecule has 4 heteroatoms. The average molecular weight is 317 g/mol. The number of hydrogen-bond acceptors (Lipinski definition) is 3. The van der Waals surface area contributed by atoms with E-state index in [9.17, 15) is 4.79 Å². The fraction of sp³-hybridized carbons (Fsp3) is 0.632. The molecule has 1 aliphatic heterocycles. The summed E-state index contributed by atoms with van der Waals surface area (Å²) < 4.78 is 0. The smallest absolute Gasteiger partial charge is 0.241 e. The van der Waals surface area contributed by atoms with E-state index in [1.54, 1.807) is 0 Å². The van der Waals surface area contributed by atoms with Crippen LogP contribution in [0.25, 0.3) is 0 Å². The topological polar surface area (TPSA) is 44.4 Å². The molecule has 0 aromatic heterocycles. The Balaban J connectivity index is 2.03. The number of carbonyl (C=O) groups excluding carboxylic acids is 1. The number of benzene rings is 1. The third-order valence-corrected chi connectivity index (χ3v) is 4.46.